The average molecular weight is 377 g/mol. The van der Waals surface area contributed by atoms with Gasteiger partial charge in [-0.25, -0.2) is 4.98 Å². The van der Waals surface area contributed by atoms with E-state index in [2.05, 4.69) is 51.8 Å². The number of nitrogens with zero attached hydrogens (tertiary/aromatic N) is 1. The van der Waals surface area contributed by atoms with Crippen LogP contribution in [0.2, 0.25) is 0 Å². The first-order valence-electron chi connectivity index (χ1n) is 10.2. The maximum atomic E-state index is 12.3. The van der Waals surface area contributed by atoms with E-state index in [1.165, 1.54) is 12.8 Å². The second-order valence-corrected chi connectivity index (χ2v) is 7.85. The Balaban J connectivity index is 1.31. The first kappa shape index (κ1) is 18.7. The van der Waals surface area contributed by atoms with E-state index in [9.17, 15) is 4.79 Å². The number of hydrogen-bond acceptors (Lipinski definition) is 3. The molecule has 2 aromatic carbocycles. The van der Waals surface area contributed by atoms with Gasteiger partial charge in [-0.05, 0) is 55.5 Å². The highest BCUT2D eigenvalue weighted by molar-refractivity contribution is 5.79. The van der Waals surface area contributed by atoms with E-state index in [0.29, 0.717) is 24.8 Å². The molecule has 28 heavy (non-hydrogen) atoms. The van der Waals surface area contributed by atoms with Crippen LogP contribution >= 0.6 is 0 Å². The number of H-pyrrole nitrogens is 1. The smallest absolute Gasteiger partial charge is 0.220 e. The number of carbonyl (C=O) groups excluding carboxylic acids is 1. The van der Waals surface area contributed by atoms with Crippen molar-refractivity contribution in [2.45, 2.75) is 32.7 Å². The minimum Gasteiger partial charge on any atom is -0.352 e. The van der Waals surface area contributed by atoms with E-state index in [1.54, 1.807) is 0 Å². The quantitative estimate of drug-likeness (QED) is 0.612. The summed E-state index contributed by atoms with van der Waals surface area (Å²) in [4.78, 5) is 20.3. The third-order valence-electron chi connectivity index (χ3n) is 5.80. The molecular weight excluding hydrogens is 348 g/mol. The Morgan fingerprint density at radius 2 is 1.89 bits per heavy atom. The van der Waals surface area contributed by atoms with Gasteiger partial charge in [0.25, 0.3) is 0 Å². The molecule has 146 valence electrons. The number of aromatic nitrogens is 2. The van der Waals surface area contributed by atoms with Crippen LogP contribution in [-0.2, 0) is 11.3 Å². The third-order valence-corrected chi connectivity index (χ3v) is 5.80. The number of carbonyl (C=O) groups is 1. The first-order chi connectivity index (χ1) is 13.7. The van der Waals surface area contributed by atoms with Crippen LogP contribution in [0.1, 0.15) is 31.7 Å². The van der Waals surface area contributed by atoms with Crippen LogP contribution in [0, 0.1) is 11.8 Å². The zero-order chi connectivity index (χ0) is 19.3. The number of imidazole rings is 1. The Hall–Kier alpha value is -2.66. The van der Waals surface area contributed by atoms with Crippen LogP contribution in [0.25, 0.3) is 22.4 Å². The predicted molar refractivity (Wildman–Crippen MR) is 113 cm³/mol. The molecule has 1 aliphatic rings. The first-order valence-corrected chi connectivity index (χ1v) is 10.2. The van der Waals surface area contributed by atoms with Gasteiger partial charge in [-0.2, -0.15) is 0 Å². The number of nitrogens with one attached hydrogen (secondary N) is 3. The number of hydrogen-bond donors (Lipinski definition) is 3. The Morgan fingerprint density at radius 3 is 2.64 bits per heavy atom. The lowest BCUT2D eigenvalue weighted by Crippen LogP contribution is -2.33. The number of benzene rings is 2. The maximum Gasteiger partial charge on any atom is 0.220 e. The van der Waals surface area contributed by atoms with E-state index in [0.717, 1.165) is 41.1 Å². The lowest BCUT2D eigenvalue weighted by molar-refractivity contribution is -0.122. The summed E-state index contributed by atoms with van der Waals surface area (Å²) in [6.45, 7) is 4.93. The van der Waals surface area contributed by atoms with Crippen molar-refractivity contribution in [3.8, 4) is 11.4 Å². The molecule has 0 saturated carbocycles. The van der Waals surface area contributed by atoms with Crippen molar-refractivity contribution in [1.82, 2.24) is 20.6 Å². The molecule has 1 aliphatic heterocycles. The number of piperidine rings is 1. The zero-order valence-corrected chi connectivity index (χ0v) is 16.4. The molecule has 1 atom stereocenters. The summed E-state index contributed by atoms with van der Waals surface area (Å²) in [5.41, 5.74) is 4.15. The molecule has 1 saturated heterocycles. The van der Waals surface area contributed by atoms with Crippen molar-refractivity contribution in [2.24, 2.45) is 11.8 Å². The molecule has 1 unspecified atom stereocenters. The summed E-state index contributed by atoms with van der Waals surface area (Å²) in [5, 5.41) is 6.46. The van der Waals surface area contributed by atoms with Crippen molar-refractivity contribution in [2.75, 3.05) is 13.1 Å². The molecule has 0 spiro atoms. The van der Waals surface area contributed by atoms with Gasteiger partial charge in [0.15, 0.2) is 0 Å². The highest BCUT2D eigenvalue weighted by atomic mass is 16.1. The van der Waals surface area contributed by atoms with Gasteiger partial charge in [0.2, 0.25) is 5.91 Å². The lowest BCUT2D eigenvalue weighted by atomic mass is 9.84. The van der Waals surface area contributed by atoms with E-state index < -0.39 is 0 Å². The Labute approximate surface area is 166 Å². The van der Waals surface area contributed by atoms with Gasteiger partial charge in [0.05, 0.1) is 11.0 Å². The summed E-state index contributed by atoms with van der Waals surface area (Å²) < 4.78 is 0. The Morgan fingerprint density at radius 1 is 1.14 bits per heavy atom. The molecule has 1 aromatic heterocycles. The molecule has 4 rings (SSSR count). The van der Waals surface area contributed by atoms with Crippen molar-refractivity contribution in [3.05, 3.63) is 54.1 Å². The van der Waals surface area contributed by atoms with Gasteiger partial charge in [-0.1, -0.05) is 43.3 Å². The second-order valence-electron chi connectivity index (χ2n) is 7.85. The largest absolute Gasteiger partial charge is 0.352 e. The summed E-state index contributed by atoms with van der Waals surface area (Å²) in [6.07, 6.45) is 2.97. The average Bonchev–Trinajstić information content (AvgIpc) is 3.17. The fraction of sp³-hybridized carbons (Fsp3) is 0.391. The molecule has 2 heterocycles. The molecule has 5 heteroatoms. The summed E-state index contributed by atoms with van der Waals surface area (Å²) >= 11 is 0. The summed E-state index contributed by atoms with van der Waals surface area (Å²) in [7, 11) is 0. The molecule has 1 fully saturated rings. The van der Waals surface area contributed by atoms with E-state index in [4.69, 9.17) is 0 Å². The molecule has 3 aromatic rings. The summed E-state index contributed by atoms with van der Waals surface area (Å²) in [6, 6.07) is 16.2. The molecule has 0 radical (unpaired) electrons. The topological polar surface area (TPSA) is 69.8 Å². The van der Waals surface area contributed by atoms with Gasteiger partial charge < -0.3 is 15.6 Å². The monoisotopic (exact) mass is 376 g/mol. The highest BCUT2D eigenvalue weighted by Gasteiger charge is 2.21. The standard InChI is InChI=1S/C23H28N4O/c1-16(18-10-12-24-13-11-18)14-22(28)25-15-17-6-8-19(9-7-17)23-26-20-4-2-3-5-21(20)27-23/h2-9,16,18,24H,10-15H2,1H3,(H,25,28)(H,26,27). The lowest BCUT2D eigenvalue weighted by Gasteiger charge is -2.27. The number of amides is 1. The van der Waals surface area contributed by atoms with Crippen molar-refractivity contribution in [1.29, 1.82) is 0 Å². The number of para-hydroxylation sites is 2. The fourth-order valence-corrected chi connectivity index (χ4v) is 4.02. The van der Waals surface area contributed by atoms with Crippen LogP contribution in [0.4, 0.5) is 0 Å². The van der Waals surface area contributed by atoms with Crippen molar-refractivity contribution in [3.63, 3.8) is 0 Å². The van der Waals surface area contributed by atoms with E-state index in [1.807, 2.05) is 24.3 Å². The van der Waals surface area contributed by atoms with Crippen LogP contribution < -0.4 is 10.6 Å². The fourth-order valence-electron chi connectivity index (χ4n) is 4.02. The molecule has 3 N–H and O–H groups in total. The molecule has 0 bridgehead atoms. The zero-order valence-electron chi connectivity index (χ0n) is 16.4. The van der Waals surface area contributed by atoms with Gasteiger partial charge in [-0.3, -0.25) is 4.79 Å². The number of aromatic amines is 1. The van der Waals surface area contributed by atoms with E-state index in [-0.39, 0.29) is 5.91 Å². The molecule has 5 nitrogen and oxygen atoms in total. The maximum absolute atomic E-state index is 12.3. The Kier molecular flexibility index (Phi) is 5.72. The third kappa shape index (κ3) is 4.42. The molecular formula is C23H28N4O. The van der Waals surface area contributed by atoms with Gasteiger partial charge in [-0.15, -0.1) is 0 Å². The van der Waals surface area contributed by atoms with Gasteiger partial charge in [0.1, 0.15) is 5.82 Å². The minimum absolute atomic E-state index is 0.146. The van der Waals surface area contributed by atoms with Crippen LogP contribution in [0.15, 0.2) is 48.5 Å². The number of fused-ring (bicyclic) bond motifs is 1. The van der Waals surface area contributed by atoms with Crippen molar-refractivity contribution >= 4 is 16.9 Å². The summed E-state index contributed by atoms with van der Waals surface area (Å²) in [5.74, 6) is 2.12. The predicted octanol–water partition coefficient (Wildman–Crippen LogP) is 3.87. The van der Waals surface area contributed by atoms with Crippen LogP contribution in [0.3, 0.4) is 0 Å². The SMILES string of the molecule is CC(CC(=O)NCc1ccc(-c2nc3ccccc3[nH]2)cc1)C1CCNCC1. The normalized spacial score (nSPS) is 16.2. The Bertz CT molecular complexity index is 892. The minimum atomic E-state index is 0.146. The van der Waals surface area contributed by atoms with Gasteiger partial charge in [0, 0.05) is 18.5 Å². The number of rotatable bonds is 6. The highest BCUT2D eigenvalue weighted by Crippen LogP contribution is 2.24. The van der Waals surface area contributed by atoms with Crippen molar-refractivity contribution < 1.29 is 4.79 Å². The van der Waals surface area contributed by atoms with E-state index >= 15 is 0 Å². The van der Waals surface area contributed by atoms with Crippen LogP contribution in [0.5, 0.6) is 0 Å². The van der Waals surface area contributed by atoms with Gasteiger partial charge >= 0.3 is 0 Å². The molecule has 0 aliphatic carbocycles. The molecule has 1 amide bonds. The second kappa shape index (κ2) is 8.57. The van der Waals surface area contributed by atoms with Crippen LogP contribution in [-0.4, -0.2) is 29.0 Å².